The summed E-state index contributed by atoms with van der Waals surface area (Å²) in [6.45, 7) is 10.5. The Morgan fingerprint density at radius 3 is 2.71 bits per heavy atom. The van der Waals surface area contributed by atoms with Gasteiger partial charge >= 0.3 is 6.09 Å². The predicted molar refractivity (Wildman–Crippen MR) is 161 cm³/mol. The van der Waals surface area contributed by atoms with Gasteiger partial charge in [-0.25, -0.2) is 4.79 Å². The van der Waals surface area contributed by atoms with E-state index in [1.54, 1.807) is 22.7 Å². The van der Waals surface area contributed by atoms with Crippen LogP contribution in [-0.2, 0) is 20.7 Å². The van der Waals surface area contributed by atoms with Crippen LogP contribution in [0.15, 0.2) is 30.6 Å². The van der Waals surface area contributed by atoms with Crippen molar-refractivity contribution in [3.63, 3.8) is 0 Å². The van der Waals surface area contributed by atoms with Crippen molar-refractivity contribution in [3.8, 4) is 16.5 Å². The lowest BCUT2D eigenvalue weighted by Crippen LogP contribution is -2.50. The zero-order chi connectivity index (χ0) is 29.3. The number of nitrogens with one attached hydrogen (secondary N) is 1. The monoisotopic (exact) mass is 593 g/mol. The molecule has 1 unspecified atom stereocenters. The molecule has 2 amide bonds. The van der Waals surface area contributed by atoms with E-state index in [-0.39, 0.29) is 6.54 Å². The number of carbonyl (C=O) groups excluding carboxylic acids is 2. The van der Waals surface area contributed by atoms with Crippen LogP contribution in [0.25, 0.3) is 25.4 Å². The molecular formula is C30H35N5O4S2. The van der Waals surface area contributed by atoms with Gasteiger partial charge in [-0.15, -0.1) is 22.7 Å². The van der Waals surface area contributed by atoms with Crippen molar-refractivity contribution >= 4 is 49.6 Å². The molecule has 0 radical (unpaired) electrons. The Kier molecular flexibility index (Phi) is 8.36. The first-order chi connectivity index (χ1) is 19.5. The molecule has 5 heterocycles. The maximum atomic E-state index is 13.2. The van der Waals surface area contributed by atoms with Gasteiger partial charge < -0.3 is 24.1 Å². The van der Waals surface area contributed by atoms with E-state index in [2.05, 4.69) is 45.2 Å². The summed E-state index contributed by atoms with van der Waals surface area (Å²) in [7, 11) is 0. The minimum absolute atomic E-state index is 0.0839. The Bertz CT molecular complexity index is 1590. The number of aromatic nitrogens is 2. The molecule has 4 aromatic rings. The second kappa shape index (κ2) is 11.8. The summed E-state index contributed by atoms with van der Waals surface area (Å²) in [6, 6.07) is 7.97. The van der Waals surface area contributed by atoms with Crippen molar-refractivity contribution < 1.29 is 19.1 Å². The summed E-state index contributed by atoms with van der Waals surface area (Å²) in [5.74, 6) is -0.395. The standard InChI is InChI=1S/C30H35N5O4S2/c1-18-15-35-16-20(10-23(35)19(2)32-18)25-13-27-26(41-25)12-22(40-27)11-21(14-31)33-28(36)24-17-34(8-6-7-9-38-24)29(37)39-30(3,4)5/h10,12-13,15-16,21,24H,6-9,11,17H2,1-5H3,(H,33,36)/t21?,24-/m0/s1. The summed E-state index contributed by atoms with van der Waals surface area (Å²) in [5.41, 5.74) is 3.60. The van der Waals surface area contributed by atoms with E-state index < -0.39 is 29.7 Å². The van der Waals surface area contributed by atoms with Crippen LogP contribution >= 0.6 is 22.7 Å². The molecule has 1 saturated heterocycles. The van der Waals surface area contributed by atoms with Crippen molar-refractivity contribution in [3.05, 3.63) is 46.9 Å². The molecule has 1 aliphatic heterocycles. The smallest absolute Gasteiger partial charge is 0.410 e. The second-order valence-corrected chi connectivity index (χ2v) is 13.7. The maximum absolute atomic E-state index is 13.2. The lowest BCUT2D eigenvalue weighted by atomic mass is 10.1. The van der Waals surface area contributed by atoms with Crippen LogP contribution in [0.3, 0.4) is 0 Å². The quantitative estimate of drug-likeness (QED) is 0.310. The summed E-state index contributed by atoms with van der Waals surface area (Å²) < 4.78 is 15.7. The number of rotatable bonds is 5. The first kappa shape index (κ1) is 29.0. The minimum atomic E-state index is -0.867. The molecule has 2 atom stereocenters. The minimum Gasteiger partial charge on any atom is -0.444 e. The third-order valence-corrected chi connectivity index (χ3v) is 9.15. The van der Waals surface area contributed by atoms with Crippen LogP contribution in [0, 0.1) is 25.2 Å². The highest BCUT2D eigenvalue weighted by Gasteiger charge is 2.30. The van der Waals surface area contributed by atoms with E-state index in [1.807, 2.05) is 40.8 Å². The number of thiophene rings is 2. The zero-order valence-electron chi connectivity index (χ0n) is 24.0. The Labute approximate surface area is 247 Å². The van der Waals surface area contributed by atoms with Gasteiger partial charge in [-0.3, -0.25) is 9.78 Å². The molecule has 1 fully saturated rings. The fraction of sp³-hybridized carbons (Fsp3) is 0.467. The fourth-order valence-electron chi connectivity index (χ4n) is 4.91. The Hall–Kier alpha value is -3.46. The number of fused-ring (bicyclic) bond motifs is 2. The third kappa shape index (κ3) is 6.89. The fourth-order valence-corrected chi connectivity index (χ4v) is 7.36. The average Bonchev–Trinajstić information content (AvgIpc) is 3.55. The van der Waals surface area contributed by atoms with E-state index in [4.69, 9.17) is 9.47 Å². The van der Waals surface area contributed by atoms with Gasteiger partial charge in [-0.05, 0) is 65.7 Å². The number of ether oxygens (including phenoxy) is 2. The second-order valence-electron chi connectivity index (χ2n) is 11.4. The lowest BCUT2D eigenvalue weighted by Gasteiger charge is -2.31. The highest BCUT2D eigenvalue weighted by Crippen LogP contribution is 2.39. The first-order valence-electron chi connectivity index (χ1n) is 13.8. The molecule has 4 aromatic heterocycles. The van der Waals surface area contributed by atoms with Crippen molar-refractivity contribution in [2.24, 2.45) is 0 Å². The predicted octanol–water partition coefficient (Wildman–Crippen LogP) is 5.86. The van der Waals surface area contributed by atoms with E-state index in [0.29, 0.717) is 19.6 Å². The molecule has 0 aromatic carbocycles. The molecule has 11 heteroatoms. The van der Waals surface area contributed by atoms with Crippen LogP contribution in [0.2, 0.25) is 0 Å². The van der Waals surface area contributed by atoms with Crippen LogP contribution in [0.1, 0.15) is 49.9 Å². The number of carbonyl (C=O) groups is 2. The maximum Gasteiger partial charge on any atom is 0.410 e. The van der Waals surface area contributed by atoms with Crippen LogP contribution in [0.5, 0.6) is 0 Å². The van der Waals surface area contributed by atoms with Gasteiger partial charge in [0.2, 0.25) is 0 Å². The highest BCUT2D eigenvalue weighted by atomic mass is 32.1. The van der Waals surface area contributed by atoms with Gasteiger partial charge in [0.05, 0.1) is 29.5 Å². The molecule has 0 spiro atoms. The van der Waals surface area contributed by atoms with Gasteiger partial charge in [0.25, 0.3) is 5.91 Å². The molecule has 0 saturated carbocycles. The zero-order valence-corrected chi connectivity index (χ0v) is 25.7. The van der Waals surface area contributed by atoms with Crippen molar-refractivity contribution in [2.45, 2.75) is 71.6 Å². The number of hydrogen-bond donors (Lipinski definition) is 1. The molecule has 5 rings (SSSR count). The Morgan fingerprint density at radius 1 is 1.20 bits per heavy atom. The largest absolute Gasteiger partial charge is 0.444 e. The topological polar surface area (TPSA) is 109 Å². The molecule has 0 aliphatic carbocycles. The number of aryl methyl sites for hydroxylation is 2. The molecule has 1 aliphatic rings. The Morgan fingerprint density at radius 2 is 1.98 bits per heavy atom. The van der Waals surface area contributed by atoms with Crippen LogP contribution in [-0.4, -0.2) is 63.7 Å². The molecule has 0 bridgehead atoms. The van der Waals surface area contributed by atoms with Crippen molar-refractivity contribution in [1.82, 2.24) is 19.6 Å². The number of amides is 2. The number of nitrogens with zero attached hydrogens (tertiary/aromatic N) is 4. The summed E-state index contributed by atoms with van der Waals surface area (Å²) in [4.78, 5) is 34.1. The summed E-state index contributed by atoms with van der Waals surface area (Å²) in [6.07, 6.45) is 4.73. The lowest BCUT2D eigenvalue weighted by molar-refractivity contribution is -0.135. The van der Waals surface area contributed by atoms with Gasteiger partial charge in [0.1, 0.15) is 11.6 Å². The summed E-state index contributed by atoms with van der Waals surface area (Å²) in [5, 5.41) is 12.7. The number of nitriles is 1. The molecule has 41 heavy (non-hydrogen) atoms. The van der Waals surface area contributed by atoms with Crippen molar-refractivity contribution in [1.29, 1.82) is 5.26 Å². The van der Waals surface area contributed by atoms with E-state index in [9.17, 15) is 14.9 Å². The molecule has 1 N–H and O–H groups in total. The van der Waals surface area contributed by atoms with Crippen LogP contribution < -0.4 is 5.32 Å². The first-order valence-corrected chi connectivity index (χ1v) is 15.4. The van der Waals surface area contributed by atoms with Crippen molar-refractivity contribution in [2.75, 3.05) is 19.7 Å². The SMILES string of the molecule is Cc1cn2cc(-c3cc4sc(CC(C#N)NC(=O)[C@@H]5CN(C(=O)OC(C)(C)C)CCCCO5)cc4s3)cc2c(C)n1. The van der Waals surface area contributed by atoms with E-state index in [0.717, 1.165) is 49.6 Å². The van der Waals surface area contributed by atoms with Gasteiger partial charge in [-0.1, -0.05) is 0 Å². The highest BCUT2D eigenvalue weighted by molar-refractivity contribution is 7.29. The molecule has 9 nitrogen and oxygen atoms in total. The van der Waals surface area contributed by atoms with Crippen LogP contribution in [0.4, 0.5) is 4.79 Å². The molecule has 216 valence electrons. The third-order valence-electron chi connectivity index (χ3n) is 6.78. The number of hydrogen-bond acceptors (Lipinski definition) is 8. The van der Waals surface area contributed by atoms with E-state index in [1.165, 1.54) is 9.78 Å². The van der Waals surface area contributed by atoms with Gasteiger partial charge in [0.15, 0.2) is 6.10 Å². The van der Waals surface area contributed by atoms with E-state index >= 15 is 0 Å². The average molecular weight is 594 g/mol. The Balaban J connectivity index is 1.25. The van der Waals surface area contributed by atoms with Gasteiger partial charge in [-0.2, -0.15) is 5.26 Å². The van der Waals surface area contributed by atoms with Gasteiger partial charge in [0, 0.05) is 56.7 Å². The summed E-state index contributed by atoms with van der Waals surface area (Å²) >= 11 is 3.35. The molecular weight excluding hydrogens is 558 g/mol. The normalized spacial score (nSPS) is 17.2.